The Bertz CT molecular complexity index is 966. The van der Waals surface area contributed by atoms with Gasteiger partial charge < -0.3 is 19.0 Å². The average Bonchev–Trinajstić information content (AvgIpc) is 3.35. The number of hydrogen-bond donors (Lipinski definition) is 0. The minimum Gasteiger partial charge on any atom is -0.482 e. The Hall–Kier alpha value is -2.93. The maximum absolute atomic E-state index is 12.6. The van der Waals surface area contributed by atoms with Crippen molar-refractivity contribution >= 4 is 16.8 Å². The smallest absolute Gasteiger partial charge is 0.275 e. The quantitative estimate of drug-likeness (QED) is 0.655. The van der Waals surface area contributed by atoms with Crippen molar-refractivity contribution in [3.8, 4) is 5.75 Å². The van der Waals surface area contributed by atoms with Crippen molar-refractivity contribution in [1.29, 1.82) is 0 Å². The topological polar surface area (TPSA) is 71.7 Å². The number of amides is 1. The first-order valence-corrected chi connectivity index (χ1v) is 9.48. The number of carbonyl (C=O) groups excluding carboxylic acids is 1. The van der Waals surface area contributed by atoms with Gasteiger partial charge in [-0.1, -0.05) is 18.2 Å². The van der Waals surface area contributed by atoms with Crippen LogP contribution in [0.25, 0.3) is 10.9 Å². The van der Waals surface area contributed by atoms with Gasteiger partial charge in [0, 0.05) is 31.2 Å². The van der Waals surface area contributed by atoms with Crippen LogP contribution >= 0.6 is 0 Å². The maximum Gasteiger partial charge on any atom is 0.275 e. The van der Waals surface area contributed by atoms with Crippen molar-refractivity contribution in [2.45, 2.75) is 25.5 Å². The van der Waals surface area contributed by atoms with Crippen LogP contribution in [0, 0.1) is 0 Å². The van der Waals surface area contributed by atoms with Gasteiger partial charge in [0.1, 0.15) is 17.5 Å². The molecule has 3 aromatic rings. The number of carbonyl (C=O) groups is 1. The van der Waals surface area contributed by atoms with Crippen molar-refractivity contribution in [3.05, 3.63) is 54.4 Å². The highest BCUT2D eigenvalue weighted by atomic mass is 16.5. The highest BCUT2D eigenvalue weighted by molar-refractivity contribution is 5.91. The van der Waals surface area contributed by atoms with E-state index in [0.29, 0.717) is 29.9 Å². The zero-order valence-electron chi connectivity index (χ0n) is 16.2. The van der Waals surface area contributed by atoms with Gasteiger partial charge in [-0.3, -0.25) is 9.78 Å². The summed E-state index contributed by atoms with van der Waals surface area (Å²) in [7, 11) is 3.91. The Morgan fingerprint density at radius 1 is 1.36 bits per heavy atom. The van der Waals surface area contributed by atoms with E-state index < -0.39 is 0 Å². The molecule has 7 nitrogen and oxygen atoms in total. The molecule has 4 rings (SSSR count). The summed E-state index contributed by atoms with van der Waals surface area (Å²) < 4.78 is 11.3. The molecule has 0 spiro atoms. The molecule has 1 fully saturated rings. The molecule has 0 unspecified atom stereocenters. The summed E-state index contributed by atoms with van der Waals surface area (Å²) >= 11 is 0. The number of hydrogen-bond acceptors (Lipinski definition) is 6. The number of pyridine rings is 1. The Morgan fingerprint density at radius 2 is 2.21 bits per heavy atom. The van der Waals surface area contributed by atoms with E-state index in [-0.39, 0.29) is 12.5 Å². The van der Waals surface area contributed by atoms with Crippen molar-refractivity contribution in [2.24, 2.45) is 0 Å². The second-order valence-electron chi connectivity index (χ2n) is 7.21. The lowest BCUT2D eigenvalue weighted by molar-refractivity contribution is 0.0755. The minimum absolute atomic E-state index is 0.137. The second kappa shape index (κ2) is 7.98. The number of para-hydroxylation sites is 1. The molecule has 0 N–H and O–H groups in total. The molecule has 1 amide bonds. The Morgan fingerprint density at radius 3 is 3.04 bits per heavy atom. The Balaban J connectivity index is 1.39. The first kappa shape index (κ1) is 18.4. The number of aromatic nitrogens is 2. The lowest BCUT2D eigenvalue weighted by atomic mass is 10.2. The maximum atomic E-state index is 12.6. The summed E-state index contributed by atoms with van der Waals surface area (Å²) in [6.07, 6.45) is 5.43. The van der Waals surface area contributed by atoms with Crippen LogP contribution in [-0.2, 0) is 6.61 Å². The van der Waals surface area contributed by atoms with Crippen LogP contribution in [-0.4, -0.2) is 58.9 Å². The van der Waals surface area contributed by atoms with Gasteiger partial charge in [-0.05, 0) is 38.6 Å². The molecule has 1 aliphatic heterocycles. The zero-order valence-corrected chi connectivity index (χ0v) is 16.2. The molecule has 28 heavy (non-hydrogen) atoms. The fourth-order valence-corrected chi connectivity index (χ4v) is 3.61. The van der Waals surface area contributed by atoms with Crippen molar-refractivity contribution in [3.63, 3.8) is 0 Å². The van der Waals surface area contributed by atoms with Gasteiger partial charge in [0.2, 0.25) is 5.89 Å². The van der Waals surface area contributed by atoms with Crippen LogP contribution in [0.4, 0.5) is 0 Å². The van der Waals surface area contributed by atoms with E-state index in [9.17, 15) is 4.79 Å². The van der Waals surface area contributed by atoms with E-state index in [1.54, 1.807) is 18.1 Å². The summed E-state index contributed by atoms with van der Waals surface area (Å²) in [5, 5.41) is 1.00. The molecular weight excluding hydrogens is 356 g/mol. The van der Waals surface area contributed by atoms with E-state index in [4.69, 9.17) is 9.15 Å². The van der Waals surface area contributed by atoms with Crippen LogP contribution in [0.3, 0.4) is 0 Å². The van der Waals surface area contributed by atoms with Crippen LogP contribution in [0.5, 0.6) is 5.75 Å². The van der Waals surface area contributed by atoms with Gasteiger partial charge in [-0.15, -0.1) is 0 Å². The third kappa shape index (κ3) is 3.84. The number of ether oxygens (including phenoxy) is 1. The van der Waals surface area contributed by atoms with E-state index in [2.05, 4.69) is 21.9 Å². The van der Waals surface area contributed by atoms with E-state index >= 15 is 0 Å². The predicted octanol–water partition coefficient (Wildman–Crippen LogP) is 2.97. The average molecular weight is 380 g/mol. The Labute approximate surface area is 163 Å². The fourth-order valence-electron chi connectivity index (χ4n) is 3.61. The van der Waals surface area contributed by atoms with Gasteiger partial charge in [0.25, 0.3) is 5.91 Å². The van der Waals surface area contributed by atoms with Crippen LogP contribution in [0.2, 0.25) is 0 Å². The first-order chi connectivity index (χ1) is 13.6. The molecule has 1 aliphatic rings. The number of oxazole rings is 1. The van der Waals surface area contributed by atoms with Crippen molar-refractivity contribution in [2.75, 3.05) is 27.2 Å². The molecule has 0 aliphatic carbocycles. The third-order valence-corrected chi connectivity index (χ3v) is 5.22. The molecule has 2 aromatic heterocycles. The summed E-state index contributed by atoms with van der Waals surface area (Å²) in [6, 6.07) is 10.0. The van der Waals surface area contributed by atoms with E-state index in [1.165, 1.54) is 12.7 Å². The summed E-state index contributed by atoms with van der Waals surface area (Å²) in [5.41, 5.74) is 1.09. The van der Waals surface area contributed by atoms with Gasteiger partial charge in [0.15, 0.2) is 12.3 Å². The van der Waals surface area contributed by atoms with Crippen molar-refractivity contribution < 1.29 is 13.9 Å². The molecule has 1 aromatic carbocycles. The molecule has 0 saturated carbocycles. The molecule has 1 saturated heterocycles. The number of likely N-dealkylation sites (N-methyl/N-ethyl adjacent to an activating group) is 2. The number of nitrogens with zero attached hydrogens (tertiary/aromatic N) is 4. The van der Waals surface area contributed by atoms with E-state index in [0.717, 1.165) is 23.9 Å². The molecule has 0 bridgehead atoms. The van der Waals surface area contributed by atoms with Gasteiger partial charge >= 0.3 is 0 Å². The van der Waals surface area contributed by atoms with Crippen LogP contribution in [0.15, 0.2) is 47.2 Å². The molecule has 146 valence electrons. The first-order valence-electron chi connectivity index (χ1n) is 9.48. The summed E-state index contributed by atoms with van der Waals surface area (Å²) in [4.78, 5) is 25.3. The third-order valence-electron chi connectivity index (χ3n) is 5.22. The van der Waals surface area contributed by atoms with Crippen LogP contribution < -0.4 is 4.74 Å². The van der Waals surface area contributed by atoms with Gasteiger partial charge in [-0.2, -0.15) is 0 Å². The van der Waals surface area contributed by atoms with Crippen molar-refractivity contribution in [1.82, 2.24) is 19.8 Å². The number of likely N-dealkylation sites (tertiary alicyclic amines) is 1. The summed E-state index contributed by atoms with van der Waals surface area (Å²) in [6.45, 7) is 1.91. The van der Waals surface area contributed by atoms with E-state index in [1.807, 2.05) is 30.3 Å². The minimum atomic E-state index is -0.137. The van der Waals surface area contributed by atoms with Gasteiger partial charge in [0.05, 0.1) is 0 Å². The molecule has 3 heterocycles. The highest BCUT2D eigenvalue weighted by Gasteiger charge is 2.25. The summed E-state index contributed by atoms with van der Waals surface area (Å²) in [5.74, 6) is 0.885. The fraction of sp³-hybridized carbons (Fsp3) is 0.381. The predicted molar refractivity (Wildman–Crippen MR) is 105 cm³/mol. The molecular formula is C21H24N4O3. The lowest BCUT2D eigenvalue weighted by Gasteiger charge is -2.25. The second-order valence-corrected chi connectivity index (χ2v) is 7.21. The molecule has 0 radical (unpaired) electrons. The number of rotatable bonds is 6. The highest BCUT2D eigenvalue weighted by Crippen LogP contribution is 2.24. The monoisotopic (exact) mass is 380 g/mol. The SMILES string of the molecule is CN(C[C@H]1CCCN1C)C(=O)c1coc(COc2cccc3cccnc23)n1. The van der Waals surface area contributed by atoms with Crippen LogP contribution in [0.1, 0.15) is 29.2 Å². The molecule has 1 atom stereocenters. The van der Waals surface area contributed by atoms with Gasteiger partial charge in [-0.25, -0.2) is 4.98 Å². The lowest BCUT2D eigenvalue weighted by Crippen LogP contribution is -2.39. The molecule has 7 heteroatoms. The number of benzene rings is 1. The largest absolute Gasteiger partial charge is 0.482 e. The standard InChI is InChI=1S/C21H24N4O3/c1-24-11-5-8-16(24)12-25(2)21(26)17-13-28-19(23-17)14-27-18-9-3-6-15-7-4-10-22-20(15)18/h3-4,6-7,9-10,13,16H,5,8,11-12,14H2,1-2H3/t16-/m1/s1. The Kier molecular flexibility index (Phi) is 5.25. The number of fused-ring (bicyclic) bond motifs is 1. The normalized spacial score (nSPS) is 17.1. The zero-order chi connectivity index (χ0) is 19.5.